The fraction of sp³-hybridized carbons (Fsp3) is 1.00. The second-order valence-corrected chi connectivity index (χ2v) is 11.6. The molecule has 0 fully saturated rings. The molecule has 0 saturated heterocycles. The van der Waals surface area contributed by atoms with Gasteiger partial charge in [-0.05, 0) is 0 Å². The first-order valence-corrected chi connectivity index (χ1v) is 12.1. The summed E-state index contributed by atoms with van der Waals surface area (Å²) < 4.78 is 0. The normalized spacial score (nSPS) is 12.8. The Balaban J connectivity index is 4.38. The number of unbranched alkanes of at least 4 members (excludes halogenated alkanes) is 6. The van der Waals surface area contributed by atoms with E-state index in [0.717, 1.165) is 0 Å². The van der Waals surface area contributed by atoms with Gasteiger partial charge in [0.25, 0.3) is 0 Å². The standard InChI is InChI=1S/C18H41P/c1-5-9-13-14-18-19(15-10-6-2,16-11-7-3)17-12-8-4/h19H,5-18H2,1-4H3. The molecule has 0 radical (unpaired) electrons. The van der Waals surface area contributed by atoms with Gasteiger partial charge in [-0.1, -0.05) is 0 Å². The second-order valence-electron chi connectivity index (χ2n) is 6.62. The van der Waals surface area contributed by atoms with E-state index in [1.165, 1.54) is 64.2 Å². The SMILES string of the molecule is CCCCCC[PH](CCCC)(CCCC)CCCC. The number of hydrogen-bond donors (Lipinski definition) is 0. The zero-order chi connectivity index (χ0) is 14.4. The van der Waals surface area contributed by atoms with Crippen molar-refractivity contribution in [1.29, 1.82) is 0 Å². The monoisotopic (exact) mass is 288 g/mol. The van der Waals surface area contributed by atoms with Crippen LogP contribution in [0.4, 0.5) is 0 Å². The average molecular weight is 288 g/mol. The van der Waals surface area contributed by atoms with Crippen LogP contribution in [0.15, 0.2) is 0 Å². The molecule has 0 heterocycles. The molecule has 0 aromatic rings. The fourth-order valence-corrected chi connectivity index (χ4v) is 9.14. The quantitative estimate of drug-likeness (QED) is 0.246. The molecule has 0 aliphatic carbocycles. The molecule has 118 valence electrons. The first kappa shape index (κ1) is 19.4. The van der Waals surface area contributed by atoms with Crippen molar-refractivity contribution in [2.45, 2.75) is 91.9 Å². The summed E-state index contributed by atoms with van der Waals surface area (Å²) in [6, 6.07) is 0. The Morgan fingerprint density at radius 1 is 0.421 bits per heavy atom. The van der Waals surface area contributed by atoms with E-state index in [4.69, 9.17) is 0 Å². The maximum absolute atomic E-state index is 2.37. The van der Waals surface area contributed by atoms with Gasteiger partial charge < -0.3 is 0 Å². The molecule has 0 atom stereocenters. The summed E-state index contributed by atoms with van der Waals surface area (Å²) in [7, 11) is -0.908. The number of rotatable bonds is 14. The fourth-order valence-electron chi connectivity index (χ4n) is 3.33. The molecule has 0 aliphatic rings. The van der Waals surface area contributed by atoms with Crippen LogP contribution in [0, 0.1) is 0 Å². The van der Waals surface area contributed by atoms with E-state index in [0.29, 0.717) is 0 Å². The summed E-state index contributed by atoms with van der Waals surface area (Å²) in [5.41, 5.74) is 0. The van der Waals surface area contributed by atoms with Gasteiger partial charge in [-0.25, -0.2) is 0 Å². The van der Waals surface area contributed by atoms with Gasteiger partial charge in [0.05, 0.1) is 0 Å². The van der Waals surface area contributed by atoms with Crippen LogP contribution >= 0.6 is 7.26 Å². The van der Waals surface area contributed by atoms with E-state index in [1.807, 2.05) is 0 Å². The van der Waals surface area contributed by atoms with E-state index in [1.54, 1.807) is 24.6 Å². The van der Waals surface area contributed by atoms with Crippen molar-refractivity contribution in [3.8, 4) is 0 Å². The zero-order valence-corrected chi connectivity index (χ0v) is 15.4. The van der Waals surface area contributed by atoms with Gasteiger partial charge in [0.15, 0.2) is 0 Å². The van der Waals surface area contributed by atoms with Crippen LogP contribution in [0.25, 0.3) is 0 Å². The molecular weight excluding hydrogens is 247 g/mol. The Kier molecular flexibility index (Phi) is 13.7. The molecule has 0 spiro atoms. The molecule has 0 aromatic heterocycles. The van der Waals surface area contributed by atoms with Gasteiger partial charge >= 0.3 is 124 Å². The molecule has 0 aliphatic heterocycles. The van der Waals surface area contributed by atoms with Crippen molar-refractivity contribution in [3.63, 3.8) is 0 Å². The van der Waals surface area contributed by atoms with Crippen LogP contribution in [-0.4, -0.2) is 24.6 Å². The molecule has 19 heavy (non-hydrogen) atoms. The van der Waals surface area contributed by atoms with Crippen molar-refractivity contribution in [3.05, 3.63) is 0 Å². The second kappa shape index (κ2) is 13.4. The predicted octanol–water partition coefficient (Wildman–Crippen LogP) is 6.72. The van der Waals surface area contributed by atoms with Gasteiger partial charge in [0.2, 0.25) is 0 Å². The van der Waals surface area contributed by atoms with Crippen molar-refractivity contribution in [1.82, 2.24) is 0 Å². The molecule has 0 N–H and O–H groups in total. The Morgan fingerprint density at radius 2 is 0.789 bits per heavy atom. The van der Waals surface area contributed by atoms with Gasteiger partial charge in [0.1, 0.15) is 0 Å². The van der Waals surface area contributed by atoms with E-state index in [-0.39, 0.29) is 0 Å². The van der Waals surface area contributed by atoms with Gasteiger partial charge in [-0.2, -0.15) is 0 Å². The van der Waals surface area contributed by atoms with E-state index < -0.39 is 7.26 Å². The first-order chi connectivity index (χ1) is 9.24. The van der Waals surface area contributed by atoms with Crippen molar-refractivity contribution in [2.75, 3.05) is 24.6 Å². The van der Waals surface area contributed by atoms with Crippen LogP contribution in [0.5, 0.6) is 0 Å². The maximum atomic E-state index is 2.37. The summed E-state index contributed by atoms with van der Waals surface area (Å²) in [6.07, 6.45) is 21.2. The summed E-state index contributed by atoms with van der Waals surface area (Å²) in [5, 5.41) is 0. The molecule has 0 nitrogen and oxygen atoms in total. The molecule has 1 heteroatoms. The summed E-state index contributed by atoms with van der Waals surface area (Å²) in [6.45, 7) is 9.44. The Labute approximate surface area is 124 Å². The average Bonchev–Trinajstić information content (AvgIpc) is 2.44. The van der Waals surface area contributed by atoms with Crippen molar-refractivity contribution >= 4 is 7.26 Å². The Morgan fingerprint density at radius 3 is 1.16 bits per heavy atom. The van der Waals surface area contributed by atoms with Crippen LogP contribution in [0.3, 0.4) is 0 Å². The zero-order valence-electron chi connectivity index (χ0n) is 14.4. The van der Waals surface area contributed by atoms with Gasteiger partial charge in [-0.15, -0.1) is 0 Å². The molecule has 0 saturated carbocycles. The Bertz CT molecular complexity index is 155. The summed E-state index contributed by atoms with van der Waals surface area (Å²) in [4.78, 5) is 0. The Hall–Kier alpha value is 0.430. The molecule has 0 rings (SSSR count). The van der Waals surface area contributed by atoms with Crippen LogP contribution in [0.2, 0.25) is 0 Å². The van der Waals surface area contributed by atoms with E-state index in [2.05, 4.69) is 27.7 Å². The van der Waals surface area contributed by atoms with Crippen LogP contribution in [-0.2, 0) is 0 Å². The van der Waals surface area contributed by atoms with Gasteiger partial charge in [-0.3, -0.25) is 0 Å². The molecule has 0 unspecified atom stereocenters. The molecule has 0 amide bonds. The molecular formula is C18H41P. The topological polar surface area (TPSA) is 0 Å². The van der Waals surface area contributed by atoms with Crippen LogP contribution in [0.1, 0.15) is 91.9 Å². The van der Waals surface area contributed by atoms with Gasteiger partial charge in [0, 0.05) is 0 Å². The molecule has 0 bridgehead atoms. The van der Waals surface area contributed by atoms with Crippen LogP contribution < -0.4 is 0 Å². The van der Waals surface area contributed by atoms with Crippen molar-refractivity contribution < 1.29 is 0 Å². The van der Waals surface area contributed by atoms with Crippen molar-refractivity contribution in [2.24, 2.45) is 0 Å². The van der Waals surface area contributed by atoms with E-state index >= 15 is 0 Å². The number of hydrogen-bond acceptors (Lipinski definition) is 0. The summed E-state index contributed by atoms with van der Waals surface area (Å²) in [5.74, 6) is 0. The predicted molar refractivity (Wildman–Crippen MR) is 96.6 cm³/mol. The summed E-state index contributed by atoms with van der Waals surface area (Å²) >= 11 is 0. The third kappa shape index (κ3) is 9.89. The third-order valence-electron chi connectivity index (χ3n) is 4.74. The minimum atomic E-state index is -0.908. The molecule has 0 aromatic carbocycles. The third-order valence-corrected chi connectivity index (χ3v) is 10.4. The van der Waals surface area contributed by atoms with E-state index in [9.17, 15) is 0 Å². The minimum absolute atomic E-state index is 0.908. The first-order valence-electron chi connectivity index (χ1n) is 9.24.